The summed E-state index contributed by atoms with van der Waals surface area (Å²) < 4.78 is 0. The largest absolute Gasteiger partial charge is 0.545 e. The molecule has 0 fully saturated rings. The molecule has 2 nitrogen and oxygen atoms in total. The number of carbonyl (C=O) groups is 1. The fraction of sp³-hybridized carbons (Fsp3) is 0.138. The minimum Gasteiger partial charge on any atom is -0.545 e. The molecule has 32 heavy (non-hydrogen) atoms. The maximum absolute atomic E-state index is 10.5. The quantitative estimate of drug-likeness (QED) is 0.358. The SMILES string of the molecule is CC(C)(C)c1ccc(C(=O)[O-])cc1.c1ccc([S+](c2ccccc2)c2ccccc2)cc1. The van der Waals surface area contributed by atoms with Crippen LogP contribution in [0.15, 0.2) is 130 Å². The van der Waals surface area contributed by atoms with E-state index in [0.717, 1.165) is 5.56 Å². The van der Waals surface area contributed by atoms with Crippen LogP contribution in [0.3, 0.4) is 0 Å². The van der Waals surface area contributed by atoms with E-state index in [4.69, 9.17) is 0 Å². The van der Waals surface area contributed by atoms with Crippen molar-refractivity contribution in [3.63, 3.8) is 0 Å². The second-order valence-corrected chi connectivity index (χ2v) is 10.4. The molecule has 162 valence electrons. The Kier molecular flexibility index (Phi) is 7.91. The summed E-state index contributed by atoms with van der Waals surface area (Å²) in [5.41, 5.74) is 1.41. The summed E-state index contributed by atoms with van der Waals surface area (Å²) in [5, 5.41) is 10.5. The van der Waals surface area contributed by atoms with Gasteiger partial charge in [-0.05, 0) is 52.9 Å². The van der Waals surface area contributed by atoms with Gasteiger partial charge in [0.25, 0.3) is 0 Å². The zero-order valence-electron chi connectivity index (χ0n) is 18.7. The number of carboxylic acids is 1. The lowest BCUT2D eigenvalue weighted by Crippen LogP contribution is -2.22. The lowest BCUT2D eigenvalue weighted by molar-refractivity contribution is -0.255. The van der Waals surface area contributed by atoms with Crippen LogP contribution < -0.4 is 5.11 Å². The second kappa shape index (κ2) is 10.8. The van der Waals surface area contributed by atoms with Crippen molar-refractivity contribution >= 4 is 16.9 Å². The van der Waals surface area contributed by atoms with Gasteiger partial charge in [-0.1, -0.05) is 99.6 Å². The van der Waals surface area contributed by atoms with E-state index in [0.29, 0.717) is 0 Å². The van der Waals surface area contributed by atoms with Crippen LogP contribution >= 0.6 is 0 Å². The summed E-state index contributed by atoms with van der Waals surface area (Å²) in [6, 6.07) is 39.0. The van der Waals surface area contributed by atoms with Gasteiger partial charge in [0.1, 0.15) is 0 Å². The number of rotatable bonds is 4. The van der Waals surface area contributed by atoms with Crippen LogP contribution in [0.1, 0.15) is 36.7 Å². The molecule has 0 amide bonds. The van der Waals surface area contributed by atoms with Gasteiger partial charge in [0.15, 0.2) is 14.7 Å². The average Bonchev–Trinajstić information content (AvgIpc) is 2.81. The fourth-order valence-corrected chi connectivity index (χ4v) is 5.29. The van der Waals surface area contributed by atoms with E-state index in [1.54, 1.807) is 12.1 Å². The Labute approximate surface area is 193 Å². The molecule has 0 saturated heterocycles. The standard InChI is InChI=1S/C18H15S.C11H14O2/c1-4-10-16(11-5-1)19(17-12-6-2-7-13-17)18-14-8-3-9-15-18;1-11(2,3)9-6-4-8(5-7-9)10(12)13/h1-15H;4-7H,1-3H3,(H,12,13)/q+1;/p-1. The Balaban J connectivity index is 0.000000195. The molecule has 0 aliphatic carbocycles. The van der Waals surface area contributed by atoms with Gasteiger partial charge >= 0.3 is 0 Å². The van der Waals surface area contributed by atoms with Crippen molar-refractivity contribution in [1.29, 1.82) is 0 Å². The molecule has 0 atom stereocenters. The molecule has 0 aliphatic heterocycles. The number of carboxylic acid groups (broad SMARTS) is 1. The third kappa shape index (κ3) is 6.35. The minimum atomic E-state index is -1.12. The Bertz CT molecular complexity index is 1010. The third-order valence-corrected chi connectivity index (χ3v) is 7.15. The van der Waals surface area contributed by atoms with E-state index in [9.17, 15) is 9.90 Å². The van der Waals surface area contributed by atoms with Crippen molar-refractivity contribution in [2.45, 2.75) is 40.9 Å². The van der Waals surface area contributed by atoms with Crippen molar-refractivity contribution < 1.29 is 9.90 Å². The summed E-state index contributed by atoms with van der Waals surface area (Å²) in [6.07, 6.45) is 0. The molecule has 3 heteroatoms. The van der Waals surface area contributed by atoms with Crippen molar-refractivity contribution in [3.05, 3.63) is 126 Å². The molecule has 0 heterocycles. The third-order valence-electron chi connectivity index (χ3n) is 4.92. The zero-order valence-corrected chi connectivity index (χ0v) is 19.5. The molecular weight excluding hydrogens is 412 g/mol. The van der Waals surface area contributed by atoms with E-state index in [1.165, 1.54) is 14.7 Å². The molecule has 0 N–H and O–H groups in total. The van der Waals surface area contributed by atoms with Crippen LogP contribution in [0.5, 0.6) is 0 Å². The molecule has 0 saturated carbocycles. The number of hydrogen-bond acceptors (Lipinski definition) is 2. The van der Waals surface area contributed by atoms with E-state index in [-0.39, 0.29) is 21.9 Å². The maximum Gasteiger partial charge on any atom is 0.166 e. The van der Waals surface area contributed by atoms with Crippen molar-refractivity contribution in [2.24, 2.45) is 0 Å². The number of benzene rings is 4. The van der Waals surface area contributed by atoms with E-state index in [2.05, 4.69) is 112 Å². The highest BCUT2D eigenvalue weighted by Gasteiger charge is 2.27. The molecule has 0 unspecified atom stereocenters. The molecule has 0 radical (unpaired) electrons. The first kappa shape index (κ1) is 23.4. The molecule has 0 aromatic heterocycles. The van der Waals surface area contributed by atoms with Crippen molar-refractivity contribution in [3.8, 4) is 0 Å². The van der Waals surface area contributed by atoms with Gasteiger partial charge in [-0.2, -0.15) is 0 Å². The second-order valence-electron chi connectivity index (χ2n) is 8.36. The van der Waals surface area contributed by atoms with Gasteiger partial charge in [0.2, 0.25) is 0 Å². The predicted molar refractivity (Wildman–Crippen MR) is 131 cm³/mol. The topological polar surface area (TPSA) is 40.1 Å². The first-order valence-electron chi connectivity index (χ1n) is 10.6. The lowest BCUT2D eigenvalue weighted by Gasteiger charge is -2.19. The van der Waals surface area contributed by atoms with Crippen LogP contribution in [-0.2, 0) is 16.3 Å². The predicted octanol–water partition coefficient (Wildman–Crippen LogP) is 6.13. The zero-order chi connectivity index (χ0) is 23.0. The molecule has 4 aromatic carbocycles. The van der Waals surface area contributed by atoms with Crippen molar-refractivity contribution in [1.82, 2.24) is 0 Å². The smallest absolute Gasteiger partial charge is 0.166 e. The molecule has 0 aliphatic rings. The summed E-state index contributed by atoms with van der Waals surface area (Å²) in [6.45, 7) is 6.25. The van der Waals surface area contributed by atoms with Crippen LogP contribution in [0.2, 0.25) is 0 Å². The molecule has 0 spiro atoms. The van der Waals surface area contributed by atoms with Crippen LogP contribution in [0.4, 0.5) is 0 Å². The Morgan fingerprint density at radius 3 is 1.22 bits per heavy atom. The van der Waals surface area contributed by atoms with Gasteiger partial charge in [0, 0.05) is 0 Å². The monoisotopic (exact) mass is 440 g/mol. The van der Waals surface area contributed by atoms with Gasteiger partial charge in [-0.15, -0.1) is 0 Å². The summed E-state index contributed by atoms with van der Waals surface area (Å²) in [7, 11) is -0.0146. The molecule has 0 bridgehead atoms. The van der Waals surface area contributed by atoms with Crippen LogP contribution in [0.25, 0.3) is 0 Å². The summed E-state index contributed by atoms with van der Waals surface area (Å²) in [4.78, 5) is 14.5. The van der Waals surface area contributed by atoms with Gasteiger partial charge in [0.05, 0.1) is 16.9 Å². The number of carbonyl (C=O) groups excluding carboxylic acids is 1. The number of hydrogen-bond donors (Lipinski definition) is 0. The van der Waals surface area contributed by atoms with Crippen molar-refractivity contribution in [2.75, 3.05) is 0 Å². The lowest BCUT2D eigenvalue weighted by atomic mass is 9.87. The first-order valence-corrected chi connectivity index (χ1v) is 11.8. The molecule has 4 rings (SSSR count). The first-order chi connectivity index (χ1) is 15.4. The van der Waals surface area contributed by atoms with Gasteiger partial charge < -0.3 is 9.90 Å². The van der Waals surface area contributed by atoms with Crippen LogP contribution in [0, 0.1) is 0 Å². The van der Waals surface area contributed by atoms with E-state index < -0.39 is 5.97 Å². The Morgan fingerprint density at radius 1 is 0.594 bits per heavy atom. The highest BCUT2D eigenvalue weighted by molar-refractivity contribution is 7.97. The molecule has 4 aromatic rings. The van der Waals surface area contributed by atoms with E-state index in [1.807, 2.05) is 12.1 Å². The van der Waals surface area contributed by atoms with Crippen LogP contribution in [-0.4, -0.2) is 5.97 Å². The Morgan fingerprint density at radius 2 is 0.938 bits per heavy atom. The highest BCUT2D eigenvalue weighted by atomic mass is 32.2. The molecular formula is C29H28O2S. The maximum atomic E-state index is 10.5. The number of aromatic carboxylic acids is 1. The summed E-state index contributed by atoms with van der Waals surface area (Å²) >= 11 is 0. The minimum absolute atomic E-state index is 0.0146. The van der Waals surface area contributed by atoms with Gasteiger partial charge in [-0.25, -0.2) is 0 Å². The Hall–Kier alpha value is -3.30. The fourth-order valence-electron chi connectivity index (χ4n) is 3.18. The summed E-state index contributed by atoms with van der Waals surface area (Å²) in [5.74, 6) is -1.12. The highest BCUT2D eigenvalue weighted by Crippen LogP contribution is 2.30. The van der Waals surface area contributed by atoms with Gasteiger partial charge in [-0.3, -0.25) is 0 Å². The average molecular weight is 441 g/mol. The normalized spacial score (nSPS) is 10.9. The van der Waals surface area contributed by atoms with E-state index >= 15 is 0 Å².